The van der Waals surface area contributed by atoms with Gasteiger partial charge in [0.1, 0.15) is 6.29 Å². The number of hydrogen-bond acceptors (Lipinski definition) is 6. The fourth-order valence-electron chi connectivity index (χ4n) is 6.37. The molecule has 2 aliphatic heterocycles. The van der Waals surface area contributed by atoms with Crippen molar-refractivity contribution in [3.63, 3.8) is 0 Å². The van der Waals surface area contributed by atoms with Crippen molar-refractivity contribution in [2.45, 2.75) is 102 Å². The van der Waals surface area contributed by atoms with E-state index in [1.807, 2.05) is 7.11 Å². The first-order valence-corrected chi connectivity index (χ1v) is 13.5. The summed E-state index contributed by atoms with van der Waals surface area (Å²) in [5.74, 6) is 2.03. The third kappa shape index (κ3) is 7.13. The lowest BCUT2D eigenvalue weighted by Gasteiger charge is -2.40. The molecule has 32 heavy (non-hydrogen) atoms. The average molecular weight is 450 g/mol. The van der Waals surface area contributed by atoms with E-state index < -0.39 is 0 Å². The van der Waals surface area contributed by atoms with E-state index in [-0.39, 0.29) is 18.1 Å². The lowest BCUT2D eigenvalue weighted by atomic mass is 9.78. The summed E-state index contributed by atoms with van der Waals surface area (Å²) in [6, 6.07) is 1.10. The van der Waals surface area contributed by atoms with E-state index in [1.165, 1.54) is 44.9 Å². The second kappa shape index (κ2) is 12.7. The summed E-state index contributed by atoms with van der Waals surface area (Å²) < 4.78 is 5.53. The zero-order valence-electron chi connectivity index (χ0n) is 20.2. The molecular formula is C25H47N5O2. The summed E-state index contributed by atoms with van der Waals surface area (Å²) in [7, 11) is 1.85. The number of nitrogens with one attached hydrogen (secondary N) is 5. The molecule has 0 radical (unpaired) electrons. The molecule has 7 nitrogen and oxygen atoms in total. The number of amides is 1. The Labute approximate surface area is 194 Å². The Kier molecular flexibility index (Phi) is 9.65. The van der Waals surface area contributed by atoms with Crippen LogP contribution in [0.2, 0.25) is 0 Å². The molecule has 2 heterocycles. The summed E-state index contributed by atoms with van der Waals surface area (Å²) in [4.78, 5) is 12.6. The Morgan fingerprint density at radius 3 is 2.28 bits per heavy atom. The fourth-order valence-corrected chi connectivity index (χ4v) is 6.37. The van der Waals surface area contributed by atoms with Crippen molar-refractivity contribution in [1.82, 2.24) is 26.6 Å². The Hall–Kier alpha value is -0.730. The molecular weight excluding hydrogens is 402 g/mol. The minimum Gasteiger partial charge on any atom is -0.381 e. The first kappa shape index (κ1) is 24.4. The van der Waals surface area contributed by atoms with Crippen LogP contribution in [0.1, 0.15) is 77.0 Å². The fraction of sp³-hybridized carbons (Fsp3) is 0.960. The molecule has 0 aromatic rings. The first-order chi connectivity index (χ1) is 15.7. The summed E-state index contributed by atoms with van der Waals surface area (Å²) in [5, 5.41) is 17.9. The van der Waals surface area contributed by atoms with Crippen LogP contribution in [-0.4, -0.2) is 63.7 Å². The number of carbonyl (C=O) groups is 1. The van der Waals surface area contributed by atoms with E-state index >= 15 is 0 Å². The van der Waals surface area contributed by atoms with Gasteiger partial charge in [0.25, 0.3) is 0 Å². The standard InChI is InChI=1S/C25H47N5O2/c1-32-23-11-7-18(8-12-23)20-16-28-25(29-17-20)30-22-9-5-19(6-10-22)24(31)27-15-13-21-4-2-3-14-26-21/h18-23,25-26,28-30H,2-17H2,1H3,(H,27,31). The number of ether oxygens (including phenoxy) is 1. The van der Waals surface area contributed by atoms with Crippen LogP contribution < -0.4 is 26.6 Å². The molecule has 184 valence electrons. The van der Waals surface area contributed by atoms with Gasteiger partial charge in [-0.1, -0.05) is 6.42 Å². The smallest absolute Gasteiger partial charge is 0.223 e. The van der Waals surface area contributed by atoms with Crippen molar-refractivity contribution in [1.29, 1.82) is 0 Å². The van der Waals surface area contributed by atoms with E-state index in [0.29, 0.717) is 18.2 Å². The number of rotatable bonds is 8. The molecule has 4 aliphatic rings. The van der Waals surface area contributed by atoms with Gasteiger partial charge in [-0.3, -0.25) is 20.7 Å². The SMILES string of the molecule is COC1CCC(C2CNC(NC3CCC(C(=O)NCCC4CCCCN4)CC3)NC2)CC1. The van der Waals surface area contributed by atoms with Gasteiger partial charge in [0.2, 0.25) is 5.91 Å². The zero-order chi connectivity index (χ0) is 22.2. The Morgan fingerprint density at radius 2 is 1.62 bits per heavy atom. The summed E-state index contributed by atoms with van der Waals surface area (Å²) >= 11 is 0. The molecule has 1 atom stereocenters. The van der Waals surface area contributed by atoms with E-state index in [4.69, 9.17) is 4.74 Å². The Balaban J connectivity index is 1.07. The normalized spacial score (nSPS) is 38.8. The summed E-state index contributed by atoms with van der Waals surface area (Å²) in [6.07, 6.45) is 14.8. The minimum atomic E-state index is 0.200. The van der Waals surface area contributed by atoms with Gasteiger partial charge in [-0.05, 0) is 89.0 Å². The number of carbonyl (C=O) groups excluding carboxylic acids is 1. The van der Waals surface area contributed by atoms with Gasteiger partial charge in [-0.15, -0.1) is 0 Å². The van der Waals surface area contributed by atoms with E-state index in [2.05, 4.69) is 26.6 Å². The molecule has 4 fully saturated rings. The maximum atomic E-state index is 12.6. The lowest BCUT2D eigenvalue weighted by molar-refractivity contribution is -0.126. The highest BCUT2D eigenvalue weighted by Crippen LogP contribution is 2.32. The van der Waals surface area contributed by atoms with E-state index in [0.717, 1.165) is 70.1 Å². The number of piperidine rings is 1. The van der Waals surface area contributed by atoms with Gasteiger partial charge < -0.3 is 15.4 Å². The van der Waals surface area contributed by atoms with Crippen molar-refractivity contribution < 1.29 is 9.53 Å². The minimum absolute atomic E-state index is 0.200. The molecule has 4 rings (SSSR count). The van der Waals surface area contributed by atoms with Crippen molar-refractivity contribution in [3.8, 4) is 0 Å². The van der Waals surface area contributed by atoms with Crippen LogP contribution in [0.4, 0.5) is 0 Å². The molecule has 0 aromatic heterocycles. The van der Waals surface area contributed by atoms with Gasteiger partial charge in [0, 0.05) is 44.7 Å². The summed E-state index contributed by atoms with van der Waals surface area (Å²) in [6.45, 7) is 4.15. The predicted octanol–water partition coefficient (Wildman–Crippen LogP) is 2.08. The van der Waals surface area contributed by atoms with Gasteiger partial charge in [-0.2, -0.15) is 0 Å². The van der Waals surface area contributed by atoms with Gasteiger partial charge >= 0.3 is 0 Å². The van der Waals surface area contributed by atoms with Crippen LogP contribution >= 0.6 is 0 Å². The van der Waals surface area contributed by atoms with Crippen LogP contribution in [0.5, 0.6) is 0 Å². The monoisotopic (exact) mass is 449 g/mol. The van der Waals surface area contributed by atoms with Crippen molar-refractivity contribution in [2.75, 3.05) is 33.3 Å². The van der Waals surface area contributed by atoms with Crippen molar-refractivity contribution in [3.05, 3.63) is 0 Å². The lowest BCUT2D eigenvalue weighted by Crippen LogP contribution is -2.63. The zero-order valence-corrected chi connectivity index (χ0v) is 20.2. The molecule has 2 saturated heterocycles. The van der Waals surface area contributed by atoms with Gasteiger partial charge in [0.05, 0.1) is 6.10 Å². The molecule has 0 spiro atoms. The maximum absolute atomic E-state index is 12.6. The van der Waals surface area contributed by atoms with Gasteiger partial charge in [0.15, 0.2) is 0 Å². The topological polar surface area (TPSA) is 86.5 Å². The highest BCUT2D eigenvalue weighted by molar-refractivity contribution is 5.78. The third-order valence-electron chi connectivity index (χ3n) is 8.59. The van der Waals surface area contributed by atoms with Crippen LogP contribution in [-0.2, 0) is 9.53 Å². The van der Waals surface area contributed by atoms with Crippen LogP contribution in [0.25, 0.3) is 0 Å². The molecule has 0 bridgehead atoms. The Morgan fingerprint density at radius 1 is 0.875 bits per heavy atom. The molecule has 1 unspecified atom stereocenters. The van der Waals surface area contributed by atoms with Crippen LogP contribution in [0.3, 0.4) is 0 Å². The summed E-state index contributed by atoms with van der Waals surface area (Å²) in [5.41, 5.74) is 0. The molecule has 1 amide bonds. The average Bonchev–Trinajstić information content (AvgIpc) is 2.86. The second-order valence-corrected chi connectivity index (χ2v) is 10.7. The Bertz CT molecular complexity index is 547. The first-order valence-electron chi connectivity index (χ1n) is 13.5. The molecule has 2 aliphatic carbocycles. The van der Waals surface area contributed by atoms with E-state index in [9.17, 15) is 4.79 Å². The molecule has 2 saturated carbocycles. The maximum Gasteiger partial charge on any atom is 0.223 e. The van der Waals surface area contributed by atoms with Crippen molar-refractivity contribution >= 4 is 5.91 Å². The predicted molar refractivity (Wildman–Crippen MR) is 128 cm³/mol. The van der Waals surface area contributed by atoms with Crippen LogP contribution in [0.15, 0.2) is 0 Å². The molecule has 5 N–H and O–H groups in total. The number of hydrogen-bond donors (Lipinski definition) is 5. The largest absolute Gasteiger partial charge is 0.381 e. The third-order valence-corrected chi connectivity index (χ3v) is 8.59. The van der Waals surface area contributed by atoms with Crippen molar-refractivity contribution in [2.24, 2.45) is 17.8 Å². The van der Waals surface area contributed by atoms with E-state index in [1.54, 1.807) is 0 Å². The highest BCUT2D eigenvalue weighted by Gasteiger charge is 2.32. The highest BCUT2D eigenvalue weighted by atomic mass is 16.5. The second-order valence-electron chi connectivity index (χ2n) is 10.7. The number of methoxy groups -OCH3 is 1. The molecule has 7 heteroatoms. The molecule has 0 aromatic carbocycles. The van der Waals surface area contributed by atoms with Gasteiger partial charge in [-0.25, -0.2) is 0 Å². The quantitative estimate of drug-likeness (QED) is 0.390. The van der Waals surface area contributed by atoms with Crippen LogP contribution in [0, 0.1) is 17.8 Å².